The Kier molecular flexibility index (Phi) is 5.09. The predicted octanol–water partition coefficient (Wildman–Crippen LogP) is 3.72. The van der Waals surface area contributed by atoms with Crippen molar-refractivity contribution in [2.24, 2.45) is 0 Å². The van der Waals surface area contributed by atoms with E-state index in [1.54, 1.807) is 31.3 Å². The second-order valence-electron chi connectivity index (χ2n) is 5.85. The zero-order chi connectivity index (χ0) is 17.6. The van der Waals surface area contributed by atoms with Gasteiger partial charge in [-0.3, -0.25) is 9.59 Å². The fourth-order valence-corrected chi connectivity index (χ4v) is 2.85. The van der Waals surface area contributed by atoms with Crippen LogP contribution < -0.4 is 10.6 Å². The van der Waals surface area contributed by atoms with E-state index >= 15 is 0 Å². The number of hydrogen-bond donors (Lipinski definition) is 2. The van der Waals surface area contributed by atoms with Gasteiger partial charge in [0.05, 0.1) is 0 Å². The maximum absolute atomic E-state index is 12.2. The Labute approximate surface area is 147 Å². The molecule has 4 nitrogen and oxygen atoms in total. The molecule has 126 valence electrons. The molecule has 2 aliphatic rings. The predicted molar refractivity (Wildman–Crippen MR) is 99.8 cm³/mol. The highest BCUT2D eigenvalue weighted by molar-refractivity contribution is 5.97. The van der Waals surface area contributed by atoms with E-state index in [9.17, 15) is 9.59 Å². The van der Waals surface area contributed by atoms with Crippen molar-refractivity contribution in [1.82, 2.24) is 5.32 Å². The van der Waals surface area contributed by atoms with Gasteiger partial charge in [0.2, 0.25) is 5.91 Å². The van der Waals surface area contributed by atoms with Crippen molar-refractivity contribution in [2.75, 3.05) is 12.4 Å². The minimum Gasteiger partial charge on any atom is -0.355 e. The fraction of sp³-hybridized carbons (Fsp3) is 0.143. The summed E-state index contributed by atoms with van der Waals surface area (Å²) in [6.45, 7) is 0. The van der Waals surface area contributed by atoms with Crippen molar-refractivity contribution in [3.05, 3.63) is 77.9 Å². The van der Waals surface area contributed by atoms with Crippen LogP contribution in [-0.2, 0) is 11.2 Å². The van der Waals surface area contributed by atoms with Crippen LogP contribution in [0.4, 0.5) is 5.69 Å². The smallest absolute Gasteiger partial charge is 0.251 e. The summed E-state index contributed by atoms with van der Waals surface area (Å²) in [4.78, 5) is 23.9. The fourth-order valence-electron chi connectivity index (χ4n) is 2.85. The minimum atomic E-state index is -0.174. The molecule has 2 aliphatic carbocycles. The van der Waals surface area contributed by atoms with Crippen molar-refractivity contribution in [2.45, 2.75) is 12.8 Å². The number of anilines is 1. The van der Waals surface area contributed by atoms with E-state index in [2.05, 4.69) is 34.9 Å². The maximum Gasteiger partial charge on any atom is 0.251 e. The van der Waals surface area contributed by atoms with Gasteiger partial charge in [-0.2, -0.15) is 0 Å². The maximum atomic E-state index is 12.2. The van der Waals surface area contributed by atoms with Crippen molar-refractivity contribution >= 4 is 17.5 Å². The first kappa shape index (κ1) is 16.7. The van der Waals surface area contributed by atoms with E-state index in [0.29, 0.717) is 24.1 Å². The summed E-state index contributed by atoms with van der Waals surface area (Å²) in [7, 11) is 1.58. The number of carbonyl (C=O) groups excluding carboxylic acids is 2. The molecule has 0 fully saturated rings. The zero-order valence-electron chi connectivity index (χ0n) is 14.1. The molecule has 2 N–H and O–H groups in total. The molecule has 0 spiro atoms. The topological polar surface area (TPSA) is 58.2 Å². The van der Waals surface area contributed by atoms with E-state index in [1.165, 1.54) is 16.7 Å². The lowest BCUT2D eigenvalue weighted by Crippen LogP contribution is -2.18. The molecule has 0 radical (unpaired) electrons. The number of nitrogens with one attached hydrogen (secondary N) is 2. The Balaban J connectivity index is 1.63. The lowest BCUT2D eigenvalue weighted by molar-refractivity contribution is -0.116. The highest BCUT2D eigenvalue weighted by atomic mass is 16.2. The molecule has 0 saturated heterocycles. The number of benzene rings is 1. The van der Waals surface area contributed by atoms with E-state index < -0.39 is 0 Å². The largest absolute Gasteiger partial charge is 0.355 e. The van der Waals surface area contributed by atoms with Crippen LogP contribution in [0.2, 0.25) is 0 Å². The average Bonchev–Trinajstić information content (AvgIpc) is 2.85. The second kappa shape index (κ2) is 7.62. The third-order valence-corrected chi connectivity index (χ3v) is 4.14. The Hall–Kier alpha value is -3.14. The first-order chi connectivity index (χ1) is 12.2. The summed E-state index contributed by atoms with van der Waals surface area (Å²) < 4.78 is 0. The average molecular weight is 332 g/mol. The van der Waals surface area contributed by atoms with Crippen LogP contribution in [0.15, 0.2) is 66.7 Å². The van der Waals surface area contributed by atoms with E-state index in [-0.39, 0.29) is 11.8 Å². The van der Waals surface area contributed by atoms with Crippen LogP contribution in [0.1, 0.15) is 22.3 Å². The van der Waals surface area contributed by atoms with Gasteiger partial charge in [-0.1, -0.05) is 48.5 Å². The van der Waals surface area contributed by atoms with Crippen molar-refractivity contribution < 1.29 is 9.59 Å². The van der Waals surface area contributed by atoms with Crippen LogP contribution in [0.3, 0.4) is 0 Å². The molecular weight excluding hydrogens is 312 g/mol. The second-order valence-corrected chi connectivity index (χ2v) is 5.85. The van der Waals surface area contributed by atoms with Crippen LogP contribution in [-0.4, -0.2) is 18.9 Å². The van der Waals surface area contributed by atoms with Crippen molar-refractivity contribution in [1.29, 1.82) is 0 Å². The Morgan fingerprint density at radius 3 is 2.60 bits per heavy atom. The molecule has 1 aromatic rings. The third-order valence-electron chi connectivity index (χ3n) is 4.14. The molecule has 0 saturated carbocycles. The number of rotatable bonds is 5. The summed E-state index contributed by atoms with van der Waals surface area (Å²) in [6.07, 6.45) is 1.07. The summed E-state index contributed by atoms with van der Waals surface area (Å²) in [5.74, 6) is -0.240. The van der Waals surface area contributed by atoms with Gasteiger partial charge < -0.3 is 10.6 Å². The first-order valence-electron chi connectivity index (χ1n) is 8.26. The number of aryl methyl sites for hydroxylation is 1. The molecule has 0 aliphatic heterocycles. The normalized spacial score (nSPS) is 10.4. The van der Waals surface area contributed by atoms with Gasteiger partial charge in [-0.15, -0.1) is 0 Å². The van der Waals surface area contributed by atoms with Gasteiger partial charge in [-0.25, -0.2) is 0 Å². The highest BCUT2D eigenvalue weighted by Crippen LogP contribution is 2.27. The molecule has 0 atom stereocenters. The molecule has 0 bridgehead atoms. The summed E-state index contributed by atoms with van der Waals surface area (Å²) in [5, 5.41) is 5.43. The number of carbonyl (C=O) groups is 2. The molecule has 1 aromatic carbocycles. The first-order valence-corrected chi connectivity index (χ1v) is 8.26. The third kappa shape index (κ3) is 4.04. The Bertz CT molecular complexity index is 873. The molecule has 0 unspecified atom stereocenters. The van der Waals surface area contributed by atoms with Gasteiger partial charge >= 0.3 is 0 Å². The highest BCUT2D eigenvalue weighted by Gasteiger charge is 2.10. The Morgan fingerprint density at radius 2 is 1.76 bits per heavy atom. The number of amides is 2. The molecule has 0 heterocycles. The SMILES string of the molecule is CNC(=O)c1cccc(NC(=O)CCc2ccc3cccccc2-3)c1. The summed E-state index contributed by atoms with van der Waals surface area (Å²) in [6, 6.07) is 21.2. The van der Waals surface area contributed by atoms with Crippen LogP contribution >= 0.6 is 0 Å². The molecule has 3 rings (SSSR count). The van der Waals surface area contributed by atoms with Crippen molar-refractivity contribution in [3.8, 4) is 11.1 Å². The number of hydrogen-bond acceptors (Lipinski definition) is 2. The molecule has 0 aromatic heterocycles. The van der Waals surface area contributed by atoms with Crippen LogP contribution in [0.25, 0.3) is 11.1 Å². The minimum absolute atomic E-state index is 0.0660. The van der Waals surface area contributed by atoms with E-state index in [0.717, 1.165) is 0 Å². The van der Waals surface area contributed by atoms with E-state index in [4.69, 9.17) is 0 Å². The van der Waals surface area contributed by atoms with Gasteiger partial charge in [0.25, 0.3) is 5.91 Å². The molecule has 4 heteroatoms. The zero-order valence-corrected chi connectivity index (χ0v) is 14.1. The standard InChI is InChI=1S/C21H20N2O2/c1-22-21(25)17-7-5-8-18(14-17)23-20(24)13-12-16-11-10-15-6-3-2-4-9-19(15)16/h2-11,14H,12-13H2,1H3,(H,22,25)(H,23,24). The van der Waals surface area contributed by atoms with Gasteiger partial charge in [-0.05, 0) is 41.3 Å². The van der Waals surface area contributed by atoms with E-state index in [1.807, 2.05) is 18.2 Å². The monoisotopic (exact) mass is 332 g/mol. The van der Waals surface area contributed by atoms with Gasteiger partial charge in [0.1, 0.15) is 0 Å². The molecule has 25 heavy (non-hydrogen) atoms. The lowest BCUT2D eigenvalue weighted by atomic mass is 10.1. The Morgan fingerprint density at radius 1 is 0.920 bits per heavy atom. The van der Waals surface area contributed by atoms with Crippen LogP contribution in [0, 0.1) is 0 Å². The quantitative estimate of drug-likeness (QED) is 0.748. The number of fused-ring (bicyclic) bond motifs is 1. The van der Waals surface area contributed by atoms with Crippen molar-refractivity contribution in [3.63, 3.8) is 0 Å². The summed E-state index contributed by atoms with van der Waals surface area (Å²) >= 11 is 0. The molecular formula is C21H20N2O2. The van der Waals surface area contributed by atoms with Gasteiger partial charge in [0.15, 0.2) is 0 Å². The van der Waals surface area contributed by atoms with Gasteiger partial charge in [0, 0.05) is 24.7 Å². The van der Waals surface area contributed by atoms with Crippen LogP contribution in [0.5, 0.6) is 0 Å². The lowest BCUT2D eigenvalue weighted by Gasteiger charge is -2.07. The summed E-state index contributed by atoms with van der Waals surface area (Å²) in [5.41, 5.74) is 4.68. The molecule has 2 amide bonds.